The first-order chi connectivity index (χ1) is 17.9. The van der Waals surface area contributed by atoms with Gasteiger partial charge < -0.3 is 32.2 Å². The lowest BCUT2D eigenvalue weighted by molar-refractivity contribution is -0.0645. The van der Waals surface area contributed by atoms with Gasteiger partial charge in [-0.15, -0.1) is 0 Å². The topological polar surface area (TPSA) is 138 Å². The van der Waals surface area contributed by atoms with Crippen LogP contribution in [0.2, 0.25) is 0 Å². The third-order valence-corrected chi connectivity index (χ3v) is 6.73. The van der Waals surface area contributed by atoms with Gasteiger partial charge in [0.25, 0.3) is 0 Å². The molecular weight excluding hydrogens is 464 g/mol. The summed E-state index contributed by atoms with van der Waals surface area (Å²) < 4.78 is 5.89. The van der Waals surface area contributed by atoms with E-state index in [1.54, 1.807) is 12.4 Å². The molecule has 7 N–H and O–H groups in total. The number of fused-ring (bicyclic) bond motifs is 1. The van der Waals surface area contributed by atoms with E-state index < -0.39 is 0 Å². The number of pyridine rings is 2. The molecule has 0 amide bonds. The largest absolute Gasteiger partial charge is 0.404 e. The highest BCUT2D eigenvalue weighted by molar-refractivity contribution is 6.08. The van der Waals surface area contributed by atoms with E-state index in [0.717, 1.165) is 42.6 Å². The van der Waals surface area contributed by atoms with Crippen molar-refractivity contribution >= 4 is 28.6 Å². The Kier molecular flexibility index (Phi) is 10.5. The molecule has 0 radical (unpaired) electrons. The third-order valence-electron chi connectivity index (χ3n) is 6.73. The molecule has 2 aromatic heterocycles. The molecule has 0 saturated carbocycles. The van der Waals surface area contributed by atoms with Crippen molar-refractivity contribution in [2.45, 2.75) is 52.7 Å². The number of hydrogen-bond donors (Lipinski definition) is 5. The molecule has 0 aromatic carbocycles. The van der Waals surface area contributed by atoms with Gasteiger partial charge in [0.05, 0.1) is 23.7 Å². The smallest absolute Gasteiger partial charge is 0.132 e. The molecule has 1 aliphatic rings. The summed E-state index contributed by atoms with van der Waals surface area (Å²) in [6.45, 7) is 12.0. The Morgan fingerprint density at radius 3 is 2.65 bits per heavy atom. The van der Waals surface area contributed by atoms with Gasteiger partial charge in [0.1, 0.15) is 11.6 Å². The summed E-state index contributed by atoms with van der Waals surface area (Å²) in [4.78, 5) is 11.6. The van der Waals surface area contributed by atoms with Crippen LogP contribution in [0.25, 0.3) is 16.6 Å². The molecule has 9 nitrogen and oxygen atoms in total. The van der Waals surface area contributed by atoms with E-state index in [1.165, 1.54) is 6.21 Å². The molecule has 1 saturated heterocycles. The highest BCUT2D eigenvalue weighted by Crippen LogP contribution is 2.22. The van der Waals surface area contributed by atoms with Crippen molar-refractivity contribution in [1.82, 2.24) is 20.2 Å². The van der Waals surface area contributed by atoms with Gasteiger partial charge in [-0.1, -0.05) is 13.8 Å². The molecule has 0 atom stereocenters. The first-order valence-corrected chi connectivity index (χ1v) is 13.1. The molecule has 0 unspecified atom stereocenters. The van der Waals surface area contributed by atoms with E-state index >= 15 is 0 Å². The van der Waals surface area contributed by atoms with Crippen LogP contribution in [0.4, 0.5) is 5.82 Å². The number of allylic oxidation sites excluding steroid dienone is 3. The minimum atomic E-state index is 0.315. The van der Waals surface area contributed by atoms with Crippen molar-refractivity contribution in [3.63, 3.8) is 0 Å². The van der Waals surface area contributed by atoms with Crippen molar-refractivity contribution in [3.8, 4) is 0 Å². The lowest BCUT2D eigenvalue weighted by atomic mass is 9.94. The summed E-state index contributed by atoms with van der Waals surface area (Å²) in [5, 5.41) is 14.3. The molecule has 3 rings (SSSR count). The average molecular weight is 507 g/mol. The van der Waals surface area contributed by atoms with E-state index in [-0.39, 0.29) is 0 Å². The van der Waals surface area contributed by atoms with Crippen molar-refractivity contribution < 1.29 is 4.74 Å². The van der Waals surface area contributed by atoms with Crippen molar-refractivity contribution in [1.29, 1.82) is 5.41 Å². The Labute approximate surface area is 220 Å². The molecule has 0 spiro atoms. The number of nitrogens with two attached hydrogens (primary N) is 2. The highest BCUT2D eigenvalue weighted by atomic mass is 16.5. The minimum absolute atomic E-state index is 0.315. The Morgan fingerprint density at radius 2 is 2.00 bits per heavy atom. The zero-order valence-electron chi connectivity index (χ0n) is 22.5. The summed E-state index contributed by atoms with van der Waals surface area (Å²) in [6.07, 6.45) is 10.7. The Bertz CT molecular complexity index is 1130. The first kappa shape index (κ1) is 28.1. The lowest BCUT2D eigenvalue weighted by Crippen LogP contribution is -2.55. The molecule has 37 heavy (non-hydrogen) atoms. The highest BCUT2D eigenvalue weighted by Gasteiger charge is 2.28. The van der Waals surface area contributed by atoms with Crippen LogP contribution in [0.1, 0.15) is 46.1 Å². The van der Waals surface area contributed by atoms with Crippen LogP contribution in [0.3, 0.4) is 0 Å². The maximum Gasteiger partial charge on any atom is 0.132 e. The van der Waals surface area contributed by atoms with Gasteiger partial charge in [0.2, 0.25) is 0 Å². The van der Waals surface area contributed by atoms with Gasteiger partial charge in [-0.05, 0) is 68.7 Å². The zero-order chi connectivity index (χ0) is 26.8. The second-order valence-corrected chi connectivity index (χ2v) is 9.60. The first-order valence-electron chi connectivity index (χ1n) is 13.1. The molecule has 200 valence electrons. The second-order valence-electron chi connectivity index (χ2n) is 9.60. The summed E-state index contributed by atoms with van der Waals surface area (Å²) in [5.41, 5.74) is 16.1. The van der Waals surface area contributed by atoms with Crippen molar-refractivity contribution in [2.75, 3.05) is 31.6 Å². The Hall–Kier alpha value is -3.43. The Balaban J connectivity index is 1.62. The quantitative estimate of drug-likeness (QED) is 0.148. The summed E-state index contributed by atoms with van der Waals surface area (Å²) in [7, 11) is 0. The number of nitrogens with zero attached hydrogens (tertiary/aromatic N) is 3. The van der Waals surface area contributed by atoms with Gasteiger partial charge in [0.15, 0.2) is 0 Å². The van der Waals surface area contributed by atoms with E-state index in [9.17, 15) is 0 Å². The van der Waals surface area contributed by atoms with Gasteiger partial charge in [-0.3, -0.25) is 9.88 Å². The van der Waals surface area contributed by atoms with Crippen molar-refractivity contribution in [3.05, 3.63) is 59.8 Å². The SMILES string of the molecule is CCC(CC)C(=C/N)/C=C(\N)Nc1ccc2ncc(/C(C=N)=C/NCCOC3CN(C(C)C)C3)cc2n1. The standard InChI is InChI=1S/C28H42N8O/c1-5-20(6-2)21(13-29)12-27(31)35-28-8-7-25-26(34-28)11-22(16-33-25)23(14-30)15-32-9-10-37-24-17-36(18-24)19(3)4/h7-8,11-16,19-20,24,30,32H,5-6,9-10,17-18,29,31H2,1-4H3,(H,34,35)/b21-13+,23-15+,27-12+,30-14?. The molecule has 0 aliphatic carbocycles. The fourth-order valence-electron chi connectivity index (χ4n) is 4.33. The molecule has 2 aromatic rings. The third kappa shape index (κ3) is 7.77. The van der Waals surface area contributed by atoms with Crippen LogP contribution >= 0.6 is 0 Å². The normalized spacial score (nSPS) is 15.9. The molecule has 1 aliphatic heterocycles. The maximum atomic E-state index is 7.87. The van der Waals surface area contributed by atoms with Crippen molar-refractivity contribution in [2.24, 2.45) is 17.4 Å². The zero-order valence-corrected chi connectivity index (χ0v) is 22.5. The molecule has 1 fully saturated rings. The van der Waals surface area contributed by atoms with Crippen LogP contribution in [0, 0.1) is 11.3 Å². The number of hydrogen-bond acceptors (Lipinski definition) is 9. The van der Waals surface area contributed by atoms with E-state index in [1.807, 2.05) is 30.5 Å². The predicted octanol–water partition coefficient (Wildman–Crippen LogP) is 3.81. The lowest BCUT2D eigenvalue weighted by Gasteiger charge is -2.41. The monoisotopic (exact) mass is 506 g/mol. The molecular formula is C28H42N8O. The second kappa shape index (κ2) is 13.8. The van der Waals surface area contributed by atoms with Gasteiger partial charge in [-0.2, -0.15) is 0 Å². The van der Waals surface area contributed by atoms with Gasteiger partial charge in [0, 0.05) is 55.4 Å². The number of anilines is 1. The molecule has 3 heterocycles. The number of likely N-dealkylation sites (tertiary alicyclic amines) is 1. The number of ether oxygens (including phenoxy) is 1. The fourth-order valence-corrected chi connectivity index (χ4v) is 4.33. The van der Waals surface area contributed by atoms with Gasteiger partial charge >= 0.3 is 0 Å². The summed E-state index contributed by atoms with van der Waals surface area (Å²) in [6, 6.07) is 6.23. The van der Waals surface area contributed by atoms with Crippen LogP contribution in [0.15, 0.2) is 54.3 Å². The van der Waals surface area contributed by atoms with E-state index in [4.69, 9.17) is 21.6 Å². The Morgan fingerprint density at radius 1 is 1.24 bits per heavy atom. The number of aromatic nitrogens is 2. The fraction of sp³-hybridized carbons (Fsp3) is 0.464. The minimum Gasteiger partial charge on any atom is -0.404 e. The number of nitrogens with one attached hydrogen (secondary N) is 3. The maximum absolute atomic E-state index is 7.87. The van der Waals surface area contributed by atoms with Gasteiger partial charge in [-0.25, -0.2) is 4.98 Å². The van der Waals surface area contributed by atoms with Crippen LogP contribution in [0.5, 0.6) is 0 Å². The number of rotatable bonds is 14. The van der Waals surface area contributed by atoms with Crippen LogP contribution in [-0.4, -0.2) is 59.5 Å². The molecule has 0 bridgehead atoms. The predicted molar refractivity (Wildman–Crippen MR) is 153 cm³/mol. The summed E-state index contributed by atoms with van der Waals surface area (Å²) in [5.74, 6) is 1.45. The molecule has 9 heteroatoms. The van der Waals surface area contributed by atoms with Crippen LogP contribution < -0.4 is 22.1 Å². The van der Waals surface area contributed by atoms with E-state index in [2.05, 4.69) is 53.2 Å². The average Bonchev–Trinajstić information content (AvgIpc) is 2.86. The van der Waals surface area contributed by atoms with E-state index in [0.29, 0.717) is 53.9 Å². The summed E-state index contributed by atoms with van der Waals surface area (Å²) >= 11 is 0. The van der Waals surface area contributed by atoms with Crippen LogP contribution in [-0.2, 0) is 4.74 Å².